The molecule has 7 heteroatoms. The monoisotopic (exact) mass is 361 g/mol. The predicted octanol–water partition coefficient (Wildman–Crippen LogP) is 2.45. The molecule has 1 atom stereocenters. The zero-order chi connectivity index (χ0) is 17.3. The summed E-state index contributed by atoms with van der Waals surface area (Å²) in [6, 6.07) is 5.10. The van der Waals surface area contributed by atoms with Crippen molar-refractivity contribution in [3.05, 3.63) is 43.3 Å². The number of hydrogen-bond acceptors (Lipinski definition) is 6. The van der Waals surface area contributed by atoms with Crippen LogP contribution < -0.4 is 10.5 Å². The van der Waals surface area contributed by atoms with Gasteiger partial charge in [0.25, 0.3) is 5.91 Å². The first-order valence-corrected chi connectivity index (χ1v) is 9.35. The number of carbonyl (C=O) groups excluding carboxylic acids is 2. The number of thiophene rings is 2. The maximum Gasteiger partial charge on any atom is 0.281 e. The second kappa shape index (κ2) is 6.86. The van der Waals surface area contributed by atoms with Crippen molar-refractivity contribution in [1.82, 2.24) is 5.43 Å². The molecule has 0 aliphatic heterocycles. The third-order valence-corrected chi connectivity index (χ3v) is 6.45. The molecule has 0 spiro atoms. The van der Waals surface area contributed by atoms with E-state index in [2.05, 4.69) is 17.5 Å². The highest BCUT2D eigenvalue weighted by molar-refractivity contribution is 7.16. The fraction of sp³-hybridized carbons (Fsp3) is 0.353. The minimum atomic E-state index is -1.21. The van der Waals surface area contributed by atoms with Crippen LogP contribution in [0.5, 0.6) is 0 Å². The largest absolute Gasteiger partial charge is 0.544 e. The molecule has 3 rings (SSSR count). The van der Waals surface area contributed by atoms with Crippen LogP contribution in [-0.4, -0.2) is 17.6 Å². The van der Waals surface area contributed by atoms with Gasteiger partial charge in [-0.1, -0.05) is 6.92 Å². The van der Waals surface area contributed by atoms with Crippen LogP contribution in [0.25, 0.3) is 0 Å². The molecule has 2 aromatic heterocycles. The van der Waals surface area contributed by atoms with Gasteiger partial charge in [-0.3, -0.25) is 4.79 Å². The van der Waals surface area contributed by atoms with E-state index < -0.39 is 5.97 Å². The Hall–Kier alpha value is -1.99. The molecule has 24 heavy (non-hydrogen) atoms. The van der Waals surface area contributed by atoms with Crippen LogP contribution in [0, 0.1) is 5.92 Å². The molecule has 0 bridgehead atoms. The number of amides is 1. The van der Waals surface area contributed by atoms with E-state index in [1.165, 1.54) is 34.3 Å². The fourth-order valence-corrected chi connectivity index (χ4v) is 4.59. The SMILES string of the molecule is C/C(=N/NC(=O)c1cc2c(s1)CC[C@H](C)C2)c1ccc(C(=O)[O-])s1. The number of fused-ring (bicyclic) bond motifs is 1. The van der Waals surface area contributed by atoms with Gasteiger partial charge in [-0.05, 0) is 55.9 Å². The Kier molecular flexibility index (Phi) is 4.82. The number of nitrogens with one attached hydrogen (secondary N) is 1. The van der Waals surface area contributed by atoms with Gasteiger partial charge in [-0.2, -0.15) is 5.10 Å². The predicted molar refractivity (Wildman–Crippen MR) is 93.8 cm³/mol. The Morgan fingerprint density at radius 1 is 1.25 bits per heavy atom. The highest BCUT2D eigenvalue weighted by Gasteiger charge is 2.20. The second-order valence-corrected chi connectivity index (χ2v) is 8.22. The van der Waals surface area contributed by atoms with Gasteiger partial charge >= 0.3 is 0 Å². The summed E-state index contributed by atoms with van der Waals surface area (Å²) in [5.74, 6) is -0.764. The van der Waals surface area contributed by atoms with E-state index in [1.807, 2.05) is 6.07 Å². The van der Waals surface area contributed by atoms with Crippen LogP contribution in [0.2, 0.25) is 0 Å². The zero-order valence-corrected chi connectivity index (χ0v) is 15.1. The fourth-order valence-electron chi connectivity index (χ4n) is 2.70. The lowest BCUT2D eigenvalue weighted by atomic mass is 9.90. The van der Waals surface area contributed by atoms with E-state index in [9.17, 15) is 14.7 Å². The Morgan fingerprint density at radius 2 is 2.00 bits per heavy atom. The smallest absolute Gasteiger partial charge is 0.281 e. The molecule has 126 valence electrons. The lowest BCUT2D eigenvalue weighted by molar-refractivity contribution is -0.254. The maximum atomic E-state index is 12.3. The summed E-state index contributed by atoms with van der Waals surface area (Å²) >= 11 is 2.61. The topological polar surface area (TPSA) is 81.6 Å². The highest BCUT2D eigenvalue weighted by atomic mass is 32.1. The van der Waals surface area contributed by atoms with Crippen molar-refractivity contribution >= 4 is 40.3 Å². The number of rotatable bonds is 4. The molecule has 2 heterocycles. The van der Waals surface area contributed by atoms with Gasteiger partial charge in [0, 0.05) is 4.88 Å². The molecule has 0 saturated carbocycles. The van der Waals surface area contributed by atoms with Crippen molar-refractivity contribution in [2.75, 3.05) is 0 Å². The number of carboxylic acids is 1. The van der Waals surface area contributed by atoms with Gasteiger partial charge in [0.05, 0.1) is 26.3 Å². The van der Waals surface area contributed by atoms with Crippen molar-refractivity contribution in [2.45, 2.75) is 33.1 Å². The van der Waals surface area contributed by atoms with Gasteiger partial charge in [0.2, 0.25) is 0 Å². The average molecular weight is 361 g/mol. The van der Waals surface area contributed by atoms with E-state index in [0.29, 0.717) is 21.4 Å². The number of nitrogens with zero attached hydrogens (tertiary/aromatic N) is 1. The molecule has 1 aliphatic rings. The standard InChI is InChI=1S/C17H18N2O3S2/c1-9-3-4-13-11(7-9)8-15(24-13)16(20)19-18-10(2)12-5-6-14(23-12)17(21)22/h5-6,8-9H,3-4,7H2,1-2H3,(H,19,20)(H,21,22)/p-1/b18-10-/t9-/m0/s1. The number of carbonyl (C=O) groups is 2. The summed E-state index contributed by atoms with van der Waals surface area (Å²) in [6.45, 7) is 3.96. The lowest BCUT2D eigenvalue weighted by Gasteiger charge is -2.16. The summed E-state index contributed by atoms with van der Waals surface area (Å²) in [4.78, 5) is 25.9. The molecule has 0 fully saturated rings. The van der Waals surface area contributed by atoms with Crippen LogP contribution >= 0.6 is 22.7 Å². The number of hydrazone groups is 1. The van der Waals surface area contributed by atoms with Crippen molar-refractivity contribution in [3.63, 3.8) is 0 Å². The Morgan fingerprint density at radius 3 is 2.71 bits per heavy atom. The van der Waals surface area contributed by atoms with E-state index >= 15 is 0 Å². The van der Waals surface area contributed by atoms with Crippen LogP contribution in [0.15, 0.2) is 23.3 Å². The number of aryl methyl sites for hydroxylation is 1. The second-order valence-electron chi connectivity index (χ2n) is 6.00. The van der Waals surface area contributed by atoms with Gasteiger partial charge in [0.15, 0.2) is 0 Å². The molecule has 1 aliphatic carbocycles. The minimum Gasteiger partial charge on any atom is -0.544 e. The van der Waals surface area contributed by atoms with E-state index in [1.54, 1.807) is 13.0 Å². The number of aromatic carboxylic acids is 1. The van der Waals surface area contributed by atoms with Gasteiger partial charge in [-0.25, -0.2) is 5.43 Å². The van der Waals surface area contributed by atoms with Crippen LogP contribution in [-0.2, 0) is 12.8 Å². The molecule has 0 aromatic carbocycles. The van der Waals surface area contributed by atoms with Crippen LogP contribution in [0.3, 0.4) is 0 Å². The molecule has 0 radical (unpaired) electrons. The van der Waals surface area contributed by atoms with Gasteiger partial charge in [0.1, 0.15) is 0 Å². The van der Waals surface area contributed by atoms with E-state index in [0.717, 1.165) is 24.2 Å². The van der Waals surface area contributed by atoms with Gasteiger partial charge < -0.3 is 9.90 Å². The third-order valence-electron chi connectivity index (χ3n) is 4.04. The normalized spacial score (nSPS) is 17.4. The molecule has 1 amide bonds. The average Bonchev–Trinajstić information content (AvgIpc) is 3.18. The summed E-state index contributed by atoms with van der Waals surface area (Å²) in [7, 11) is 0. The Bertz CT molecular complexity index is 820. The number of carboxylic acid groups (broad SMARTS) is 1. The van der Waals surface area contributed by atoms with Crippen molar-refractivity contribution in [3.8, 4) is 0 Å². The van der Waals surface area contributed by atoms with Crippen molar-refractivity contribution in [1.29, 1.82) is 0 Å². The number of hydrogen-bond donors (Lipinski definition) is 1. The summed E-state index contributed by atoms with van der Waals surface area (Å²) in [5, 5.41) is 14.9. The molecule has 1 N–H and O–H groups in total. The molecule has 5 nitrogen and oxygen atoms in total. The highest BCUT2D eigenvalue weighted by Crippen LogP contribution is 2.32. The zero-order valence-electron chi connectivity index (χ0n) is 13.4. The molecular formula is C17H17N2O3S2-. The third kappa shape index (κ3) is 3.57. The quantitative estimate of drug-likeness (QED) is 0.671. The Labute approximate surface area is 148 Å². The molecule has 0 saturated heterocycles. The van der Waals surface area contributed by atoms with E-state index in [-0.39, 0.29) is 10.8 Å². The van der Waals surface area contributed by atoms with E-state index in [4.69, 9.17) is 0 Å². The summed E-state index contributed by atoms with van der Waals surface area (Å²) < 4.78 is 0. The first-order valence-electron chi connectivity index (χ1n) is 7.72. The lowest BCUT2D eigenvalue weighted by Crippen LogP contribution is -2.20. The first kappa shape index (κ1) is 16.9. The minimum absolute atomic E-state index is 0.144. The molecule has 2 aromatic rings. The molecular weight excluding hydrogens is 344 g/mol. The van der Waals surface area contributed by atoms with Crippen molar-refractivity contribution in [2.24, 2.45) is 11.0 Å². The Balaban J connectivity index is 1.69. The van der Waals surface area contributed by atoms with Crippen LogP contribution in [0.4, 0.5) is 0 Å². The maximum absolute atomic E-state index is 12.3. The summed E-state index contributed by atoms with van der Waals surface area (Å²) in [5.41, 5.74) is 4.40. The summed E-state index contributed by atoms with van der Waals surface area (Å²) in [6.07, 6.45) is 3.24. The van der Waals surface area contributed by atoms with Crippen LogP contribution in [0.1, 0.15) is 54.9 Å². The van der Waals surface area contributed by atoms with Gasteiger partial charge in [-0.15, -0.1) is 22.7 Å². The molecule has 0 unspecified atom stereocenters. The van der Waals surface area contributed by atoms with Crippen molar-refractivity contribution < 1.29 is 14.7 Å². The first-order chi connectivity index (χ1) is 11.4.